The minimum absolute atomic E-state index is 0.0224. The second-order valence-corrected chi connectivity index (χ2v) is 11.1. The lowest BCUT2D eigenvalue weighted by Gasteiger charge is -2.55. The molecule has 0 aromatic carbocycles. The summed E-state index contributed by atoms with van der Waals surface area (Å²) in [5.74, 6) is 3.44. The summed E-state index contributed by atoms with van der Waals surface area (Å²) >= 11 is 0. The van der Waals surface area contributed by atoms with E-state index in [1.807, 2.05) is 6.08 Å². The van der Waals surface area contributed by atoms with Crippen LogP contribution in [0.4, 0.5) is 0 Å². The molecule has 4 aliphatic carbocycles. The van der Waals surface area contributed by atoms with Crippen LogP contribution in [0.1, 0.15) is 65.7 Å². The van der Waals surface area contributed by atoms with Crippen LogP contribution in [0, 0.1) is 40.4 Å². The Morgan fingerprint density at radius 3 is 2.80 bits per heavy atom. The first-order valence-corrected chi connectivity index (χ1v) is 12.3. The first-order valence-electron chi connectivity index (χ1n) is 12.3. The zero-order valence-corrected chi connectivity index (χ0v) is 18.9. The second-order valence-electron chi connectivity index (χ2n) is 11.1. The standard InChI is InChI=1S/C27H38O3/c1-18(17-30-25-6-4-5-15-29-25)22-9-10-23-21-8-7-19-16-20(28)11-13-26(19,2)24(21)12-14-27(22,23)3/h7-8,11,13,16,18,21-25H,4-6,9-10,12,14-15,17H2,1-3H3/t18-,21+,22-,23+,24+,25?,26+,27-/m1/s1. The molecule has 3 heteroatoms. The molecule has 0 amide bonds. The molecule has 0 N–H and O–H groups in total. The Morgan fingerprint density at radius 1 is 1.13 bits per heavy atom. The highest BCUT2D eigenvalue weighted by Gasteiger charge is 2.58. The van der Waals surface area contributed by atoms with Gasteiger partial charge in [-0.25, -0.2) is 0 Å². The fraction of sp³-hybridized carbons (Fsp3) is 0.741. The van der Waals surface area contributed by atoms with Crippen LogP contribution in [0.25, 0.3) is 0 Å². The lowest BCUT2D eigenvalue weighted by molar-refractivity contribution is -0.173. The van der Waals surface area contributed by atoms with Gasteiger partial charge >= 0.3 is 0 Å². The summed E-state index contributed by atoms with van der Waals surface area (Å²) in [7, 11) is 0. The predicted molar refractivity (Wildman–Crippen MR) is 119 cm³/mol. The lowest BCUT2D eigenvalue weighted by atomic mass is 9.49. The number of carbonyl (C=O) groups is 1. The summed E-state index contributed by atoms with van der Waals surface area (Å²) in [4.78, 5) is 11.9. The Hall–Kier alpha value is -1.19. The molecule has 0 bridgehead atoms. The third kappa shape index (κ3) is 3.28. The van der Waals surface area contributed by atoms with Crippen LogP contribution in [0.2, 0.25) is 0 Å². The van der Waals surface area contributed by atoms with E-state index >= 15 is 0 Å². The molecule has 1 unspecified atom stereocenters. The fourth-order valence-electron chi connectivity index (χ4n) is 7.84. The van der Waals surface area contributed by atoms with Crippen LogP contribution in [0.5, 0.6) is 0 Å². The first kappa shape index (κ1) is 20.7. The van der Waals surface area contributed by atoms with E-state index in [0.717, 1.165) is 31.5 Å². The Bertz CT molecular complexity index is 773. The number of rotatable bonds is 4. The van der Waals surface area contributed by atoms with Gasteiger partial charge in [0.05, 0.1) is 6.61 Å². The van der Waals surface area contributed by atoms with Crippen molar-refractivity contribution in [1.82, 2.24) is 0 Å². The smallest absolute Gasteiger partial charge is 0.178 e. The monoisotopic (exact) mass is 410 g/mol. The molecule has 1 heterocycles. The molecule has 8 atom stereocenters. The molecule has 3 fully saturated rings. The number of ether oxygens (including phenoxy) is 2. The zero-order chi connectivity index (χ0) is 20.9. The molecule has 1 saturated heterocycles. The van der Waals surface area contributed by atoms with Crippen molar-refractivity contribution in [3.8, 4) is 0 Å². The number of carbonyl (C=O) groups excluding carboxylic acids is 1. The molecule has 5 aliphatic rings. The quantitative estimate of drug-likeness (QED) is 0.582. The lowest BCUT2D eigenvalue weighted by Crippen LogP contribution is -2.48. The van der Waals surface area contributed by atoms with Crippen LogP contribution < -0.4 is 0 Å². The molecule has 1 aliphatic heterocycles. The van der Waals surface area contributed by atoms with E-state index < -0.39 is 0 Å². The van der Waals surface area contributed by atoms with Crippen LogP contribution >= 0.6 is 0 Å². The van der Waals surface area contributed by atoms with Crippen LogP contribution in [-0.4, -0.2) is 25.3 Å². The van der Waals surface area contributed by atoms with Gasteiger partial charge in [-0.3, -0.25) is 4.79 Å². The number of fused-ring (bicyclic) bond motifs is 5. The van der Waals surface area contributed by atoms with Crippen LogP contribution in [-0.2, 0) is 14.3 Å². The van der Waals surface area contributed by atoms with Crippen LogP contribution in [0.15, 0.2) is 36.0 Å². The highest BCUT2D eigenvalue weighted by molar-refractivity contribution is 6.01. The average Bonchev–Trinajstić information content (AvgIpc) is 3.10. The Balaban J connectivity index is 1.31. The van der Waals surface area contributed by atoms with Crippen molar-refractivity contribution in [2.45, 2.75) is 72.0 Å². The van der Waals surface area contributed by atoms with Gasteiger partial charge in [0.25, 0.3) is 0 Å². The highest BCUT2D eigenvalue weighted by Crippen LogP contribution is 2.65. The van der Waals surface area contributed by atoms with E-state index in [-0.39, 0.29) is 17.5 Å². The molecule has 2 saturated carbocycles. The maximum atomic E-state index is 11.9. The summed E-state index contributed by atoms with van der Waals surface area (Å²) in [6.07, 6.45) is 19.3. The largest absolute Gasteiger partial charge is 0.353 e. The third-order valence-electron chi connectivity index (χ3n) is 9.56. The molecule has 30 heavy (non-hydrogen) atoms. The van der Waals surface area contributed by atoms with Gasteiger partial charge < -0.3 is 9.47 Å². The summed E-state index contributed by atoms with van der Waals surface area (Å²) in [6.45, 7) is 9.02. The molecule has 3 nitrogen and oxygen atoms in total. The van der Waals surface area contributed by atoms with E-state index in [9.17, 15) is 4.79 Å². The molecule has 5 rings (SSSR count). The maximum absolute atomic E-state index is 11.9. The maximum Gasteiger partial charge on any atom is 0.178 e. The number of hydrogen-bond donors (Lipinski definition) is 0. The van der Waals surface area contributed by atoms with Gasteiger partial charge in [-0.1, -0.05) is 39.0 Å². The Morgan fingerprint density at radius 2 is 2.00 bits per heavy atom. The Labute approximate surface area is 182 Å². The van der Waals surface area contributed by atoms with Crippen LogP contribution in [0.3, 0.4) is 0 Å². The van der Waals surface area contributed by atoms with Gasteiger partial charge in [0.15, 0.2) is 12.1 Å². The fourth-order valence-corrected chi connectivity index (χ4v) is 7.84. The topological polar surface area (TPSA) is 35.5 Å². The van der Waals surface area contributed by atoms with E-state index in [1.54, 1.807) is 6.08 Å². The summed E-state index contributed by atoms with van der Waals surface area (Å²) in [6, 6.07) is 0. The molecular weight excluding hydrogens is 372 g/mol. The van der Waals surface area contributed by atoms with Gasteiger partial charge in [-0.15, -0.1) is 0 Å². The summed E-state index contributed by atoms with van der Waals surface area (Å²) in [5.41, 5.74) is 1.65. The molecule has 0 radical (unpaired) electrons. The molecule has 0 aromatic rings. The van der Waals surface area contributed by atoms with Crippen molar-refractivity contribution in [1.29, 1.82) is 0 Å². The minimum atomic E-state index is 0.0224. The molecule has 164 valence electrons. The molecule has 0 spiro atoms. The highest BCUT2D eigenvalue weighted by atomic mass is 16.7. The number of ketones is 1. The van der Waals surface area contributed by atoms with Crippen molar-refractivity contribution >= 4 is 5.78 Å². The van der Waals surface area contributed by atoms with E-state index in [2.05, 4.69) is 39.0 Å². The van der Waals surface area contributed by atoms with Gasteiger partial charge in [-0.05, 0) is 97.7 Å². The first-order chi connectivity index (χ1) is 14.4. The number of allylic oxidation sites excluding steroid dienone is 6. The van der Waals surface area contributed by atoms with E-state index in [4.69, 9.17) is 9.47 Å². The minimum Gasteiger partial charge on any atom is -0.353 e. The SMILES string of the molecule is C[C@H](COC1CCCCO1)[C@H]1CC[C@H]2[C@@H]3C=CC4=CC(=O)C=C[C@]4(C)[C@H]3CC[C@]12C. The summed E-state index contributed by atoms with van der Waals surface area (Å²) in [5, 5.41) is 0. The Kier molecular flexibility index (Phi) is 5.34. The van der Waals surface area contributed by atoms with Gasteiger partial charge in [0.1, 0.15) is 0 Å². The van der Waals surface area contributed by atoms with Gasteiger partial charge in [0, 0.05) is 12.0 Å². The van der Waals surface area contributed by atoms with E-state index in [1.165, 1.54) is 44.1 Å². The normalized spacial score (nSPS) is 46.0. The number of hydrogen-bond acceptors (Lipinski definition) is 3. The van der Waals surface area contributed by atoms with Crippen molar-refractivity contribution < 1.29 is 14.3 Å². The van der Waals surface area contributed by atoms with Crippen molar-refractivity contribution in [3.05, 3.63) is 36.0 Å². The van der Waals surface area contributed by atoms with Gasteiger partial charge in [-0.2, -0.15) is 0 Å². The zero-order valence-electron chi connectivity index (χ0n) is 18.9. The van der Waals surface area contributed by atoms with Crippen molar-refractivity contribution in [2.24, 2.45) is 40.4 Å². The molecule has 0 aromatic heterocycles. The third-order valence-corrected chi connectivity index (χ3v) is 9.56. The second kappa shape index (κ2) is 7.74. The van der Waals surface area contributed by atoms with Crippen molar-refractivity contribution in [2.75, 3.05) is 13.2 Å². The molecular formula is C27H38O3. The van der Waals surface area contributed by atoms with E-state index in [0.29, 0.717) is 23.2 Å². The predicted octanol–water partition coefficient (Wildman–Crippen LogP) is 5.87. The van der Waals surface area contributed by atoms with Crippen molar-refractivity contribution in [3.63, 3.8) is 0 Å². The average molecular weight is 411 g/mol. The van der Waals surface area contributed by atoms with Gasteiger partial charge in [0.2, 0.25) is 0 Å². The summed E-state index contributed by atoms with van der Waals surface area (Å²) < 4.78 is 12.0.